The first-order chi connectivity index (χ1) is 16.0. The summed E-state index contributed by atoms with van der Waals surface area (Å²) < 4.78 is 20.2. The Morgan fingerprint density at radius 1 is 1.06 bits per heavy atom. The van der Waals surface area contributed by atoms with E-state index in [1.807, 2.05) is 24.3 Å². The topological polar surface area (TPSA) is 94.6 Å². The molecule has 0 radical (unpaired) electrons. The normalized spacial score (nSPS) is 13.3. The lowest BCUT2D eigenvalue weighted by molar-refractivity contribution is 0.191. The zero-order valence-corrected chi connectivity index (χ0v) is 21.3. The van der Waals surface area contributed by atoms with Gasteiger partial charge < -0.3 is 25.8 Å². The molecule has 8 nitrogen and oxygen atoms in total. The highest BCUT2D eigenvalue weighted by Gasteiger charge is 2.11. The van der Waals surface area contributed by atoms with E-state index in [9.17, 15) is 9.50 Å². The SMILES string of the molecule is Cc1cc(Nc2nc(Nc3cccc(OCCN4CCNCC4)c3)ncc2F)cc(C)c1O.Cl.Cl. The van der Waals surface area contributed by atoms with E-state index in [0.29, 0.717) is 23.4 Å². The van der Waals surface area contributed by atoms with Crippen molar-refractivity contribution in [3.05, 3.63) is 59.5 Å². The smallest absolute Gasteiger partial charge is 0.229 e. The van der Waals surface area contributed by atoms with Crippen molar-refractivity contribution < 1.29 is 14.2 Å². The van der Waals surface area contributed by atoms with E-state index in [-0.39, 0.29) is 42.3 Å². The van der Waals surface area contributed by atoms with Crippen molar-refractivity contribution in [3.8, 4) is 11.5 Å². The van der Waals surface area contributed by atoms with Crippen molar-refractivity contribution in [2.24, 2.45) is 0 Å². The Kier molecular flexibility index (Phi) is 10.8. The summed E-state index contributed by atoms with van der Waals surface area (Å²) in [5.41, 5.74) is 2.76. The number of ether oxygens (including phenoxy) is 1. The number of phenolic OH excluding ortho intramolecular Hbond substituents is 1. The van der Waals surface area contributed by atoms with E-state index in [1.165, 1.54) is 0 Å². The van der Waals surface area contributed by atoms with Gasteiger partial charge in [-0.15, -0.1) is 24.8 Å². The van der Waals surface area contributed by atoms with Gasteiger partial charge in [0.2, 0.25) is 5.95 Å². The summed E-state index contributed by atoms with van der Waals surface area (Å²) in [6, 6.07) is 11.0. The molecule has 190 valence electrons. The van der Waals surface area contributed by atoms with Gasteiger partial charge in [-0.2, -0.15) is 4.98 Å². The van der Waals surface area contributed by atoms with Crippen LogP contribution in [0.5, 0.6) is 11.5 Å². The van der Waals surface area contributed by atoms with Crippen molar-refractivity contribution in [2.45, 2.75) is 13.8 Å². The molecule has 3 aromatic rings. The van der Waals surface area contributed by atoms with Gasteiger partial charge in [0.15, 0.2) is 11.6 Å². The summed E-state index contributed by atoms with van der Waals surface area (Å²) in [6.07, 6.45) is 1.12. The first-order valence-corrected chi connectivity index (χ1v) is 11.0. The molecule has 4 rings (SSSR count). The molecular formula is C24H31Cl2FN6O2. The number of nitrogens with zero attached hydrogens (tertiary/aromatic N) is 3. The molecule has 1 aliphatic heterocycles. The number of aromatic nitrogens is 2. The van der Waals surface area contributed by atoms with Gasteiger partial charge in [0.25, 0.3) is 0 Å². The highest BCUT2D eigenvalue weighted by Crippen LogP contribution is 2.28. The monoisotopic (exact) mass is 524 g/mol. The molecule has 0 aliphatic carbocycles. The van der Waals surface area contributed by atoms with Crippen molar-refractivity contribution in [2.75, 3.05) is 50.0 Å². The van der Waals surface area contributed by atoms with E-state index in [2.05, 4.69) is 30.8 Å². The van der Waals surface area contributed by atoms with Crippen molar-refractivity contribution >= 4 is 48.0 Å². The second-order valence-corrected chi connectivity index (χ2v) is 8.07. The fraction of sp³-hybridized carbons (Fsp3) is 0.333. The van der Waals surface area contributed by atoms with Crippen LogP contribution in [0.3, 0.4) is 0 Å². The molecule has 4 N–H and O–H groups in total. The third-order valence-corrected chi connectivity index (χ3v) is 5.47. The largest absolute Gasteiger partial charge is 0.507 e. The number of hydrogen-bond acceptors (Lipinski definition) is 8. The summed E-state index contributed by atoms with van der Waals surface area (Å²) in [6.45, 7) is 9.16. The minimum Gasteiger partial charge on any atom is -0.507 e. The summed E-state index contributed by atoms with van der Waals surface area (Å²) in [4.78, 5) is 10.7. The van der Waals surface area contributed by atoms with Gasteiger partial charge in [0.05, 0.1) is 6.20 Å². The number of halogens is 3. The number of benzene rings is 2. The van der Waals surface area contributed by atoms with Crippen LogP contribution in [0.25, 0.3) is 0 Å². The molecule has 1 aliphatic rings. The third kappa shape index (κ3) is 7.83. The maximum Gasteiger partial charge on any atom is 0.229 e. The molecule has 0 spiro atoms. The highest BCUT2D eigenvalue weighted by atomic mass is 35.5. The van der Waals surface area contributed by atoms with Gasteiger partial charge in [-0.25, -0.2) is 9.37 Å². The minimum atomic E-state index is -0.575. The van der Waals surface area contributed by atoms with Gasteiger partial charge in [0, 0.05) is 50.2 Å². The van der Waals surface area contributed by atoms with Crippen molar-refractivity contribution in [1.82, 2.24) is 20.2 Å². The van der Waals surface area contributed by atoms with Gasteiger partial charge in [0.1, 0.15) is 18.1 Å². The van der Waals surface area contributed by atoms with E-state index in [1.54, 1.807) is 26.0 Å². The number of anilines is 4. The lowest BCUT2D eigenvalue weighted by Crippen LogP contribution is -2.44. The molecule has 2 heterocycles. The first kappa shape index (κ1) is 28.4. The lowest BCUT2D eigenvalue weighted by Gasteiger charge is -2.26. The van der Waals surface area contributed by atoms with Crippen LogP contribution in [0.15, 0.2) is 42.6 Å². The molecule has 0 atom stereocenters. The number of rotatable bonds is 8. The second kappa shape index (κ2) is 13.3. The number of nitrogens with one attached hydrogen (secondary N) is 3. The van der Waals surface area contributed by atoms with Crippen LogP contribution < -0.4 is 20.7 Å². The number of phenols is 1. The minimum absolute atomic E-state index is 0. The Bertz CT molecular complexity index is 1090. The molecule has 2 aromatic carbocycles. The molecule has 0 unspecified atom stereocenters. The summed E-state index contributed by atoms with van der Waals surface area (Å²) in [5, 5.41) is 19.4. The molecule has 0 bridgehead atoms. The molecule has 0 saturated carbocycles. The Balaban J connectivity index is 0.00000216. The fourth-order valence-corrected chi connectivity index (χ4v) is 3.70. The average molecular weight is 525 g/mol. The van der Waals surface area contributed by atoms with Crippen LogP contribution in [-0.2, 0) is 0 Å². The first-order valence-electron chi connectivity index (χ1n) is 11.0. The Hall–Kier alpha value is -2.85. The zero-order valence-electron chi connectivity index (χ0n) is 19.7. The van der Waals surface area contributed by atoms with Crippen LogP contribution in [0.2, 0.25) is 0 Å². The van der Waals surface area contributed by atoms with Crippen LogP contribution in [0.4, 0.5) is 27.5 Å². The molecule has 1 aromatic heterocycles. The lowest BCUT2D eigenvalue weighted by atomic mass is 10.1. The van der Waals surface area contributed by atoms with Crippen LogP contribution in [-0.4, -0.2) is 59.3 Å². The highest BCUT2D eigenvalue weighted by molar-refractivity contribution is 5.85. The van der Waals surface area contributed by atoms with Gasteiger partial charge >= 0.3 is 0 Å². The predicted molar refractivity (Wildman–Crippen MR) is 142 cm³/mol. The molecule has 35 heavy (non-hydrogen) atoms. The molecule has 1 saturated heterocycles. The van der Waals surface area contributed by atoms with E-state index in [0.717, 1.165) is 50.4 Å². The molecule has 0 amide bonds. The Morgan fingerprint density at radius 2 is 1.77 bits per heavy atom. The zero-order chi connectivity index (χ0) is 23.2. The third-order valence-electron chi connectivity index (χ3n) is 5.47. The van der Waals surface area contributed by atoms with Gasteiger partial charge in [-0.3, -0.25) is 4.90 Å². The van der Waals surface area contributed by atoms with Crippen LogP contribution >= 0.6 is 24.8 Å². The molecule has 11 heteroatoms. The second-order valence-electron chi connectivity index (χ2n) is 8.07. The standard InChI is InChI=1S/C24H29FN6O2.2ClH/c1-16-12-19(13-17(2)22(16)32)28-23-21(25)15-27-24(30-23)29-18-4-3-5-20(14-18)33-11-10-31-8-6-26-7-9-31;;/h3-5,12-15,26,32H,6-11H2,1-2H3,(H2,27,28,29,30);2*1H. The van der Waals surface area contributed by atoms with E-state index in [4.69, 9.17) is 4.74 Å². The quantitative estimate of drug-likeness (QED) is 0.319. The number of aromatic hydroxyl groups is 1. The van der Waals surface area contributed by atoms with E-state index >= 15 is 0 Å². The van der Waals surface area contributed by atoms with Crippen molar-refractivity contribution in [1.29, 1.82) is 0 Å². The van der Waals surface area contributed by atoms with Crippen molar-refractivity contribution in [3.63, 3.8) is 0 Å². The average Bonchev–Trinajstić information content (AvgIpc) is 2.81. The summed E-state index contributed by atoms with van der Waals surface area (Å²) >= 11 is 0. The van der Waals surface area contributed by atoms with Gasteiger partial charge in [-0.05, 0) is 49.2 Å². The number of aryl methyl sites for hydroxylation is 2. The fourth-order valence-electron chi connectivity index (χ4n) is 3.70. The Labute approximate surface area is 217 Å². The molecular weight excluding hydrogens is 494 g/mol. The summed E-state index contributed by atoms with van der Waals surface area (Å²) in [5.74, 6) is 0.685. The predicted octanol–water partition coefficient (Wildman–Crippen LogP) is 4.55. The maximum atomic E-state index is 14.3. The maximum absolute atomic E-state index is 14.3. The van der Waals surface area contributed by atoms with E-state index < -0.39 is 5.82 Å². The number of hydrogen-bond donors (Lipinski definition) is 4. The summed E-state index contributed by atoms with van der Waals surface area (Å²) in [7, 11) is 0. The van der Waals surface area contributed by atoms with Crippen LogP contribution in [0.1, 0.15) is 11.1 Å². The van der Waals surface area contributed by atoms with Gasteiger partial charge in [-0.1, -0.05) is 6.07 Å². The Morgan fingerprint density at radius 3 is 2.49 bits per heavy atom. The number of piperazine rings is 1. The van der Waals surface area contributed by atoms with Crippen LogP contribution in [0, 0.1) is 19.7 Å². The molecule has 1 fully saturated rings.